The fourth-order valence-electron chi connectivity index (χ4n) is 2.23. The second-order valence-corrected chi connectivity index (χ2v) is 9.49. The van der Waals surface area contributed by atoms with Gasteiger partial charge in [-0.25, -0.2) is 20.8 Å². The Hall–Kier alpha value is -1.54. The van der Waals surface area contributed by atoms with E-state index in [0.29, 0.717) is 5.02 Å². The van der Waals surface area contributed by atoms with Gasteiger partial charge >= 0.3 is 0 Å². The van der Waals surface area contributed by atoms with Crippen molar-refractivity contribution < 1.29 is 16.8 Å². The average molecular weight is 390 g/mol. The Balaban J connectivity index is 2.34. The number of hydrogen-bond acceptors (Lipinski definition) is 4. The van der Waals surface area contributed by atoms with Gasteiger partial charge in [0.25, 0.3) is 19.1 Å². The van der Waals surface area contributed by atoms with Crippen LogP contribution in [0.1, 0.15) is 0 Å². The number of aromatic nitrogens is 1. The van der Waals surface area contributed by atoms with E-state index in [2.05, 4.69) is 0 Å². The molecular weight excluding hydrogens is 381 g/mol. The lowest BCUT2D eigenvalue weighted by molar-refractivity contribution is 0.589. The molecule has 0 radical (unpaired) electrons. The number of nitrogens with zero attached hydrogens (tertiary/aromatic N) is 1. The summed E-state index contributed by atoms with van der Waals surface area (Å²) >= 11 is 5.77. The first-order valence-corrected chi connectivity index (χ1v) is 10.4. The second kappa shape index (κ2) is 5.52. The van der Waals surface area contributed by atoms with E-state index in [-0.39, 0.29) is 20.7 Å². The predicted octanol–water partition coefficient (Wildman–Crippen LogP) is 3.46. The molecule has 0 unspecified atom stereocenters. The summed E-state index contributed by atoms with van der Waals surface area (Å²) in [4.78, 5) is -0.270. The monoisotopic (exact) mass is 389 g/mol. The number of hydrogen-bond donors (Lipinski definition) is 0. The third-order valence-corrected chi connectivity index (χ3v) is 6.56. The largest absolute Gasteiger partial charge is 0.268 e. The molecule has 3 rings (SSSR count). The highest BCUT2D eigenvalue weighted by Gasteiger charge is 2.25. The molecule has 0 N–H and O–H groups in total. The maximum Gasteiger partial charge on any atom is 0.268 e. The molecule has 0 spiro atoms. The molecule has 1 aromatic heterocycles. The first kappa shape index (κ1) is 16.3. The molecule has 5 nitrogen and oxygen atoms in total. The summed E-state index contributed by atoms with van der Waals surface area (Å²) in [6.45, 7) is 0. The summed E-state index contributed by atoms with van der Waals surface area (Å²) in [6, 6.07) is 11.8. The molecule has 3 aromatic rings. The van der Waals surface area contributed by atoms with Crippen LogP contribution < -0.4 is 0 Å². The van der Waals surface area contributed by atoms with Crippen LogP contribution in [0.5, 0.6) is 0 Å². The molecule has 0 amide bonds. The molecule has 0 fully saturated rings. The Morgan fingerprint density at radius 3 is 2.09 bits per heavy atom. The van der Waals surface area contributed by atoms with Gasteiger partial charge in [0.05, 0.1) is 10.4 Å². The summed E-state index contributed by atoms with van der Waals surface area (Å²) < 4.78 is 49.9. The van der Waals surface area contributed by atoms with E-state index in [9.17, 15) is 16.8 Å². The minimum Gasteiger partial charge on any atom is -0.240 e. The van der Waals surface area contributed by atoms with E-state index >= 15 is 0 Å². The zero-order valence-electron chi connectivity index (χ0n) is 11.3. The molecule has 0 aliphatic rings. The standard InChI is InChI=1S/C14H9Cl2NO4S2/c15-10-5-7-11(8-6-10)23(20,21)17-9-14(22(16,18)19)12-3-1-2-4-13(12)17/h1-9H. The van der Waals surface area contributed by atoms with E-state index in [0.717, 1.165) is 10.2 Å². The molecule has 1 heterocycles. The lowest BCUT2D eigenvalue weighted by Crippen LogP contribution is -2.11. The predicted molar refractivity (Wildman–Crippen MR) is 89.0 cm³/mol. The maximum atomic E-state index is 12.8. The van der Waals surface area contributed by atoms with Crippen molar-refractivity contribution in [3.05, 3.63) is 59.8 Å². The van der Waals surface area contributed by atoms with Crippen LogP contribution in [0.2, 0.25) is 5.02 Å². The molecule has 0 saturated carbocycles. The molecular formula is C14H9Cl2NO4S2. The van der Waals surface area contributed by atoms with Gasteiger partial charge in [0.2, 0.25) is 0 Å². The quantitative estimate of drug-likeness (QED) is 0.642. The van der Waals surface area contributed by atoms with Crippen LogP contribution >= 0.6 is 22.3 Å². The lowest BCUT2D eigenvalue weighted by atomic mass is 10.2. The van der Waals surface area contributed by atoms with E-state index in [1.165, 1.54) is 36.4 Å². The van der Waals surface area contributed by atoms with Gasteiger partial charge in [0.1, 0.15) is 4.90 Å². The van der Waals surface area contributed by atoms with Crippen LogP contribution in [0.25, 0.3) is 10.9 Å². The fraction of sp³-hybridized carbons (Fsp3) is 0. The second-order valence-electron chi connectivity index (χ2n) is 4.70. The highest BCUT2D eigenvalue weighted by atomic mass is 35.7. The number of para-hydroxylation sites is 1. The van der Waals surface area contributed by atoms with Gasteiger partial charge in [-0.15, -0.1) is 0 Å². The zero-order chi connectivity index (χ0) is 16.8. The van der Waals surface area contributed by atoms with Gasteiger partial charge in [-0.1, -0.05) is 29.8 Å². The van der Waals surface area contributed by atoms with Gasteiger partial charge in [0.15, 0.2) is 0 Å². The minimum absolute atomic E-state index is 0.0128. The van der Waals surface area contributed by atoms with Crippen molar-refractivity contribution in [2.24, 2.45) is 0 Å². The Morgan fingerprint density at radius 1 is 0.870 bits per heavy atom. The first-order chi connectivity index (χ1) is 10.7. The summed E-state index contributed by atoms with van der Waals surface area (Å²) in [5, 5.41) is 0.630. The lowest BCUT2D eigenvalue weighted by Gasteiger charge is -2.07. The van der Waals surface area contributed by atoms with Crippen molar-refractivity contribution >= 4 is 52.3 Å². The third-order valence-electron chi connectivity index (χ3n) is 3.27. The summed E-state index contributed by atoms with van der Waals surface area (Å²) in [5.41, 5.74) is 0.224. The number of fused-ring (bicyclic) bond motifs is 1. The minimum atomic E-state index is -4.09. The SMILES string of the molecule is O=S(=O)(Cl)c1cn(S(=O)(=O)c2ccc(Cl)cc2)c2ccccc12. The maximum absolute atomic E-state index is 12.8. The van der Waals surface area contributed by atoms with Gasteiger partial charge < -0.3 is 0 Å². The molecule has 0 aliphatic carbocycles. The number of benzene rings is 2. The molecule has 0 saturated heterocycles. The fourth-order valence-corrected chi connectivity index (χ4v) is 4.83. The average Bonchev–Trinajstić information content (AvgIpc) is 2.88. The van der Waals surface area contributed by atoms with Crippen molar-refractivity contribution in [1.29, 1.82) is 0 Å². The van der Waals surface area contributed by atoms with Crippen LogP contribution in [-0.4, -0.2) is 20.8 Å². The van der Waals surface area contributed by atoms with Crippen LogP contribution in [0.4, 0.5) is 0 Å². The normalized spacial score (nSPS) is 12.6. The molecule has 9 heteroatoms. The van der Waals surface area contributed by atoms with Crippen LogP contribution in [0, 0.1) is 0 Å². The zero-order valence-corrected chi connectivity index (χ0v) is 14.5. The molecule has 0 aliphatic heterocycles. The molecule has 0 bridgehead atoms. The van der Waals surface area contributed by atoms with E-state index in [4.69, 9.17) is 22.3 Å². The third kappa shape index (κ3) is 2.85. The highest BCUT2D eigenvalue weighted by molar-refractivity contribution is 8.14. The summed E-state index contributed by atoms with van der Waals surface area (Å²) in [6.07, 6.45) is 1.01. The summed E-state index contributed by atoms with van der Waals surface area (Å²) in [5.74, 6) is 0. The van der Waals surface area contributed by atoms with Gasteiger partial charge in [-0.3, -0.25) is 0 Å². The highest BCUT2D eigenvalue weighted by Crippen LogP contribution is 2.30. The molecule has 23 heavy (non-hydrogen) atoms. The molecule has 2 aromatic carbocycles. The van der Waals surface area contributed by atoms with E-state index < -0.39 is 19.1 Å². The van der Waals surface area contributed by atoms with Crippen molar-refractivity contribution in [3.8, 4) is 0 Å². The Bertz CT molecular complexity index is 1100. The number of rotatable bonds is 3. The van der Waals surface area contributed by atoms with Gasteiger partial charge in [0, 0.05) is 27.3 Å². The Morgan fingerprint density at radius 2 is 1.48 bits per heavy atom. The molecule has 0 atom stereocenters. The van der Waals surface area contributed by atoms with Crippen molar-refractivity contribution in [1.82, 2.24) is 3.97 Å². The van der Waals surface area contributed by atoms with Crippen LogP contribution in [-0.2, 0) is 19.1 Å². The van der Waals surface area contributed by atoms with Crippen molar-refractivity contribution in [3.63, 3.8) is 0 Å². The molecule has 120 valence electrons. The first-order valence-electron chi connectivity index (χ1n) is 6.27. The van der Waals surface area contributed by atoms with Crippen LogP contribution in [0.15, 0.2) is 64.5 Å². The van der Waals surface area contributed by atoms with E-state index in [1.807, 2.05) is 0 Å². The van der Waals surface area contributed by atoms with Gasteiger partial charge in [-0.05, 0) is 30.3 Å². The topological polar surface area (TPSA) is 73.2 Å². The van der Waals surface area contributed by atoms with E-state index in [1.54, 1.807) is 12.1 Å². The Labute approximate surface area is 142 Å². The number of halogens is 2. The van der Waals surface area contributed by atoms with Crippen molar-refractivity contribution in [2.45, 2.75) is 9.79 Å². The van der Waals surface area contributed by atoms with Crippen LogP contribution in [0.3, 0.4) is 0 Å². The smallest absolute Gasteiger partial charge is 0.240 e. The summed E-state index contributed by atoms with van der Waals surface area (Å²) in [7, 11) is -2.66. The van der Waals surface area contributed by atoms with Crippen molar-refractivity contribution in [2.75, 3.05) is 0 Å². The Kier molecular flexibility index (Phi) is 3.92. The van der Waals surface area contributed by atoms with Gasteiger partial charge in [-0.2, -0.15) is 0 Å².